The highest BCUT2D eigenvalue weighted by Gasteiger charge is 2.46. The summed E-state index contributed by atoms with van der Waals surface area (Å²) in [5, 5.41) is 5.76. The van der Waals surface area contributed by atoms with E-state index in [1.165, 1.54) is 49.5 Å². The predicted molar refractivity (Wildman–Crippen MR) is 203 cm³/mol. The Labute approximate surface area is 285 Å². The molecule has 0 fully saturated rings. The van der Waals surface area contributed by atoms with Crippen LogP contribution in [0.15, 0.2) is 182 Å². The van der Waals surface area contributed by atoms with Crippen molar-refractivity contribution in [3.8, 4) is 33.8 Å². The van der Waals surface area contributed by atoms with Crippen LogP contribution in [-0.4, -0.2) is 9.97 Å². The van der Waals surface area contributed by atoms with Crippen LogP contribution in [-0.2, 0) is 5.41 Å². The second-order valence-corrected chi connectivity index (χ2v) is 12.9. The minimum Gasteiger partial charge on any atom is -0.227 e. The zero-order valence-electron chi connectivity index (χ0n) is 26.7. The van der Waals surface area contributed by atoms with Gasteiger partial charge in [-0.25, -0.2) is 9.97 Å². The van der Waals surface area contributed by atoms with Gasteiger partial charge in [-0.2, -0.15) is 0 Å². The van der Waals surface area contributed by atoms with Crippen molar-refractivity contribution in [3.05, 3.63) is 204 Å². The van der Waals surface area contributed by atoms with E-state index in [0.717, 1.165) is 38.9 Å². The average Bonchev–Trinajstić information content (AvgIpc) is 3.50. The van der Waals surface area contributed by atoms with E-state index < -0.39 is 5.41 Å². The molecule has 49 heavy (non-hydrogen) atoms. The van der Waals surface area contributed by atoms with Crippen LogP contribution in [0.4, 0.5) is 0 Å². The van der Waals surface area contributed by atoms with Gasteiger partial charge in [-0.3, -0.25) is 0 Å². The van der Waals surface area contributed by atoms with Crippen molar-refractivity contribution in [1.82, 2.24) is 9.97 Å². The monoisotopic (exact) mass is 622 g/mol. The SMILES string of the molecule is c1ccc(-c2nc(-c3ccc4ccc5c(c4c3)-c3ccccc3C5(c3ccccc3)c3ccccc3)nc3c2ccc2ccccc23)cc1. The number of nitrogens with zero attached hydrogens (tertiary/aromatic N) is 2. The van der Waals surface area contributed by atoms with Crippen LogP contribution in [0, 0.1) is 0 Å². The van der Waals surface area contributed by atoms with Gasteiger partial charge in [0.2, 0.25) is 0 Å². The third-order valence-electron chi connectivity index (χ3n) is 10.3. The first kappa shape index (κ1) is 27.7. The van der Waals surface area contributed by atoms with E-state index in [1.54, 1.807) is 0 Å². The molecule has 1 heterocycles. The van der Waals surface area contributed by atoms with E-state index in [9.17, 15) is 0 Å². The third kappa shape index (κ3) is 4.07. The van der Waals surface area contributed by atoms with Crippen LogP contribution in [0.1, 0.15) is 22.3 Å². The molecule has 0 atom stereocenters. The second kappa shape index (κ2) is 10.8. The first-order valence-electron chi connectivity index (χ1n) is 16.8. The van der Waals surface area contributed by atoms with Crippen molar-refractivity contribution < 1.29 is 0 Å². The maximum atomic E-state index is 5.32. The first-order valence-corrected chi connectivity index (χ1v) is 16.8. The van der Waals surface area contributed by atoms with Gasteiger partial charge in [-0.1, -0.05) is 170 Å². The Morgan fingerprint density at radius 3 is 1.78 bits per heavy atom. The smallest absolute Gasteiger partial charge is 0.160 e. The molecule has 2 heteroatoms. The Kier molecular flexibility index (Phi) is 6.13. The lowest BCUT2D eigenvalue weighted by atomic mass is 9.67. The van der Waals surface area contributed by atoms with Gasteiger partial charge < -0.3 is 0 Å². The standard InChI is InChI=1S/C47H30N2/c1-4-15-33(16-5-1)44-39-28-26-31-14-10-11-21-37(31)45(39)49-46(48-44)34-25-24-32-27-29-42-43(40(32)30-34)38-22-12-13-23-41(38)47(42,35-17-6-2-7-18-35)36-19-8-3-9-20-36/h1-30H. The molecule has 0 radical (unpaired) electrons. The Balaban J connectivity index is 1.28. The lowest BCUT2D eigenvalue weighted by molar-refractivity contribution is 0.769. The maximum Gasteiger partial charge on any atom is 0.160 e. The van der Waals surface area contributed by atoms with Crippen LogP contribution in [0.25, 0.3) is 66.2 Å². The van der Waals surface area contributed by atoms with E-state index >= 15 is 0 Å². The molecule has 2 nitrogen and oxygen atoms in total. The number of hydrogen-bond acceptors (Lipinski definition) is 2. The predicted octanol–water partition coefficient (Wildman–Crippen LogP) is 11.6. The Hall–Kier alpha value is -6.38. The Bertz CT molecular complexity index is 2660. The molecule has 0 unspecified atom stereocenters. The van der Waals surface area contributed by atoms with Gasteiger partial charge in [0.1, 0.15) is 0 Å². The summed E-state index contributed by atoms with van der Waals surface area (Å²) in [6.07, 6.45) is 0. The topological polar surface area (TPSA) is 25.8 Å². The maximum absolute atomic E-state index is 5.32. The van der Waals surface area contributed by atoms with Gasteiger partial charge in [0.05, 0.1) is 16.6 Å². The van der Waals surface area contributed by atoms with Crippen molar-refractivity contribution in [2.45, 2.75) is 5.41 Å². The number of aromatic nitrogens is 2. The largest absolute Gasteiger partial charge is 0.227 e. The van der Waals surface area contributed by atoms with Crippen LogP contribution < -0.4 is 0 Å². The van der Waals surface area contributed by atoms with Crippen molar-refractivity contribution in [3.63, 3.8) is 0 Å². The normalized spacial score (nSPS) is 13.1. The van der Waals surface area contributed by atoms with E-state index in [-0.39, 0.29) is 0 Å². The zero-order chi connectivity index (χ0) is 32.4. The molecule has 1 aromatic heterocycles. The number of rotatable bonds is 4. The summed E-state index contributed by atoms with van der Waals surface area (Å²) in [6.45, 7) is 0. The molecular weight excluding hydrogens is 593 g/mol. The van der Waals surface area contributed by atoms with E-state index in [2.05, 4.69) is 182 Å². The zero-order valence-corrected chi connectivity index (χ0v) is 26.7. The van der Waals surface area contributed by atoms with Gasteiger partial charge in [0.15, 0.2) is 5.82 Å². The van der Waals surface area contributed by atoms with E-state index in [4.69, 9.17) is 9.97 Å². The summed E-state index contributed by atoms with van der Waals surface area (Å²) >= 11 is 0. The summed E-state index contributed by atoms with van der Waals surface area (Å²) in [7, 11) is 0. The molecule has 0 spiro atoms. The van der Waals surface area contributed by atoms with Crippen LogP contribution in [0.2, 0.25) is 0 Å². The van der Waals surface area contributed by atoms with Crippen molar-refractivity contribution in [1.29, 1.82) is 0 Å². The second-order valence-electron chi connectivity index (χ2n) is 12.9. The molecular formula is C47H30N2. The fourth-order valence-corrected chi connectivity index (χ4v) is 8.21. The lowest BCUT2D eigenvalue weighted by Crippen LogP contribution is -2.28. The molecule has 10 rings (SSSR count). The van der Waals surface area contributed by atoms with Crippen LogP contribution >= 0.6 is 0 Å². The molecule has 0 amide bonds. The summed E-state index contributed by atoms with van der Waals surface area (Å²) in [6, 6.07) is 65.6. The van der Waals surface area contributed by atoms with Gasteiger partial charge in [0.25, 0.3) is 0 Å². The number of hydrogen-bond donors (Lipinski definition) is 0. The van der Waals surface area contributed by atoms with Crippen molar-refractivity contribution in [2.24, 2.45) is 0 Å². The Morgan fingerprint density at radius 2 is 1.00 bits per heavy atom. The number of benzene rings is 8. The van der Waals surface area contributed by atoms with Crippen molar-refractivity contribution >= 4 is 32.4 Å². The molecule has 1 aliphatic carbocycles. The van der Waals surface area contributed by atoms with Crippen LogP contribution in [0.5, 0.6) is 0 Å². The molecule has 0 N–H and O–H groups in total. The van der Waals surface area contributed by atoms with E-state index in [0.29, 0.717) is 0 Å². The first-order chi connectivity index (χ1) is 24.3. The highest BCUT2D eigenvalue weighted by Crippen LogP contribution is 2.57. The molecule has 0 saturated heterocycles. The Morgan fingerprint density at radius 1 is 0.388 bits per heavy atom. The fourth-order valence-electron chi connectivity index (χ4n) is 8.21. The highest BCUT2D eigenvalue weighted by atomic mass is 14.9. The minimum absolute atomic E-state index is 0.447. The van der Waals surface area contributed by atoms with Crippen molar-refractivity contribution in [2.75, 3.05) is 0 Å². The molecule has 228 valence electrons. The third-order valence-corrected chi connectivity index (χ3v) is 10.3. The van der Waals surface area contributed by atoms with E-state index in [1.807, 2.05) is 0 Å². The molecule has 8 aromatic carbocycles. The molecule has 0 aliphatic heterocycles. The summed E-state index contributed by atoms with van der Waals surface area (Å²) < 4.78 is 0. The molecule has 9 aromatic rings. The molecule has 0 saturated carbocycles. The van der Waals surface area contributed by atoms with Gasteiger partial charge >= 0.3 is 0 Å². The molecule has 0 bridgehead atoms. The summed E-state index contributed by atoms with van der Waals surface area (Å²) in [5.74, 6) is 0.728. The quantitative estimate of drug-likeness (QED) is 0.183. The summed E-state index contributed by atoms with van der Waals surface area (Å²) in [5.41, 5.74) is 11.2. The van der Waals surface area contributed by atoms with Gasteiger partial charge in [-0.15, -0.1) is 0 Å². The minimum atomic E-state index is -0.447. The van der Waals surface area contributed by atoms with Gasteiger partial charge in [-0.05, 0) is 61.7 Å². The summed E-state index contributed by atoms with van der Waals surface area (Å²) in [4.78, 5) is 10.6. The average molecular weight is 623 g/mol. The van der Waals surface area contributed by atoms with Crippen LogP contribution in [0.3, 0.4) is 0 Å². The van der Waals surface area contributed by atoms with Gasteiger partial charge in [0, 0.05) is 21.9 Å². The molecule has 1 aliphatic rings. The highest BCUT2D eigenvalue weighted by molar-refractivity contribution is 6.10. The fraction of sp³-hybridized carbons (Fsp3) is 0.0213. The number of fused-ring (bicyclic) bond motifs is 8. The lowest BCUT2D eigenvalue weighted by Gasteiger charge is -2.33.